The number of hydrogen-bond acceptors (Lipinski definition) is 2. The van der Waals surface area contributed by atoms with Gasteiger partial charge in [0.15, 0.2) is 0 Å². The molecule has 3 heteroatoms. The third kappa shape index (κ3) is 5.10. The standard InChI is InChI=1S/C19H15NO2/c21-18(14-13-16-8-3-1-4-9-16)12-7-15-20-19(22)17-10-5-2-6-11-17/h1-6,8-11,13-14H,15H2,(H,20,22)/b14-13+. The Morgan fingerprint density at radius 2 is 1.59 bits per heavy atom. The quantitative estimate of drug-likeness (QED) is 0.534. The lowest BCUT2D eigenvalue weighted by atomic mass is 10.2. The van der Waals surface area contributed by atoms with Crippen LogP contribution in [0.25, 0.3) is 6.08 Å². The first-order valence-electron chi connectivity index (χ1n) is 6.85. The second-order valence-corrected chi connectivity index (χ2v) is 4.46. The Morgan fingerprint density at radius 3 is 2.27 bits per heavy atom. The van der Waals surface area contributed by atoms with Crippen molar-refractivity contribution in [1.29, 1.82) is 0 Å². The van der Waals surface area contributed by atoms with Crippen molar-refractivity contribution >= 4 is 17.8 Å². The first kappa shape index (κ1) is 15.3. The summed E-state index contributed by atoms with van der Waals surface area (Å²) < 4.78 is 0. The molecule has 2 aromatic carbocycles. The number of amides is 1. The fraction of sp³-hybridized carbons (Fsp3) is 0.0526. The van der Waals surface area contributed by atoms with E-state index in [0.29, 0.717) is 5.56 Å². The third-order valence-corrected chi connectivity index (χ3v) is 2.81. The number of benzene rings is 2. The van der Waals surface area contributed by atoms with Gasteiger partial charge in [-0.2, -0.15) is 0 Å². The zero-order valence-electron chi connectivity index (χ0n) is 12.0. The van der Waals surface area contributed by atoms with E-state index in [1.54, 1.807) is 30.3 Å². The van der Waals surface area contributed by atoms with Gasteiger partial charge < -0.3 is 5.32 Å². The van der Waals surface area contributed by atoms with E-state index in [-0.39, 0.29) is 18.2 Å². The lowest BCUT2D eigenvalue weighted by molar-refractivity contribution is -0.109. The van der Waals surface area contributed by atoms with Crippen molar-refractivity contribution in [2.75, 3.05) is 6.54 Å². The topological polar surface area (TPSA) is 46.2 Å². The normalized spacial score (nSPS) is 9.82. The van der Waals surface area contributed by atoms with Gasteiger partial charge in [-0.1, -0.05) is 60.5 Å². The van der Waals surface area contributed by atoms with Crippen molar-refractivity contribution in [3.05, 3.63) is 77.9 Å². The number of nitrogens with one attached hydrogen (secondary N) is 1. The van der Waals surface area contributed by atoms with Gasteiger partial charge in [0.05, 0.1) is 6.54 Å². The van der Waals surface area contributed by atoms with Crippen LogP contribution in [0, 0.1) is 11.8 Å². The van der Waals surface area contributed by atoms with E-state index in [4.69, 9.17) is 0 Å². The lowest BCUT2D eigenvalue weighted by Gasteiger charge is -1.99. The van der Waals surface area contributed by atoms with E-state index in [2.05, 4.69) is 17.2 Å². The summed E-state index contributed by atoms with van der Waals surface area (Å²) in [6, 6.07) is 18.4. The highest BCUT2D eigenvalue weighted by atomic mass is 16.1. The Kier molecular flexibility index (Phi) is 5.71. The molecule has 2 aromatic rings. The maximum Gasteiger partial charge on any atom is 0.252 e. The predicted molar refractivity (Wildman–Crippen MR) is 87.0 cm³/mol. The molecule has 1 N–H and O–H groups in total. The maximum atomic E-state index is 11.7. The molecule has 0 aliphatic heterocycles. The summed E-state index contributed by atoms with van der Waals surface area (Å²) in [5.74, 6) is 4.61. The second kappa shape index (κ2) is 8.23. The smallest absolute Gasteiger partial charge is 0.252 e. The average molecular weight is 289 g/mol. The summed E-state index contributed by atoms with van der Waals surface area (Å²) in [5, 5.41) is 2.64. The van der Waals surface area contributed by atoms with Crippen LogP contribution in [0.4, 0.5) is 0 Å². The molecule has 0 radical (unpaired) electrons. The Labute approximate surface area is 129 Å². The SMILES string of the molecule is O=C(C#CCNC(=O)c1ccccc1)/C=C/c1ccccc1. The summed E-state index contributed by atoms with van der Waals surface area (Å²) in [5.41, 5.74) is 1.51. The van der Waals surface area contributed by atoms with Gasteiger partial charge in [0.25, 0.3) is 5.91 Å². The average Bonchev–Trinajstić information content (AvgIpc) is 2.58. The molecule has 108 valence electrons. The predicted octanol–water partition coefficient (Wildman–Crippen LogP) is 2.70. The summed E-state index contributed by atoms with van der Waals surface area (Å²) in [7, 11) is 0. The minimum absolute atomic E-state index is 0.138. The van der Waals surface area contributed by atoms with Crippen molar-refractivity contribution < 1.29 is 9.59 Å². The van der Waals surface area contributed by atoms with E-state index in [1.165, 1.54) is 6.08 Å². The molecule has 0 fully saturated rings. The molecule has 0 heterocycles. The molecule has 0 unspecified atom stereocenters. The number of allylic oxidation sites excluding steroid dienone is 1. The van der Waals surface area contributed by atoms with Crippen LogP contribution in [-0.4, -0.2) is 18.2 Å². The molecule has 3 nitrogen and oxygen atoms in total. The van der Waals surface area contributed by atoms with Gasteiger partial charge in [0.1, 0.15) is 0 Å². The van der Waals surface area contributed by atoms with Crippen LogP contribution in [0.5, 0.6) is 0 Å². The Balaban J connectivity index is 1.80. The molecule has 0 aliphatic rings. The molecule has 2 rings (SSSR count). The first-order valence-corrected chi connectivity index (χ1v) is 6.85. The summed E-state index contributed by atoms with van der Waals surface area (Å²) in [6.07, 6.45) is 3.13. The summed E-state index contributed by atoms with van der Waals surface area (Å²) >= 11 is 0. The molecular formula is C19H15NO2. The van der Waals surface area contributed by atoms with E-state index >= 15 is 0 Å². The minimum atomic E-state index is -0.294. The number of carbonyl (C=O) groups excluding carboxylic acids is 2. The van der Waals surface area contributed by atoms with E-state index < -0.39 is 0 Å². The highest BCUT2D eigenvalue weighted by Crippen LogP contribution is 2.00. The van der Waals surface area contributed by atoms with Gasteiger partial charge in [0.2, 0.25) is 5.78 Å². The fourth-order valence-electron chi connectivity index (χ4n) is 1.73. The van der Waals surface area contributed by atoms with Crippen molar-refractivity contribution in [3.63, 3.8) is 0 Å². The maximum absolute atomic E-state index is 11.7. The van der Waals surface area contributed by atoms with Crippen LogP contribution < -0.4 is 5.32 Å². The molecule has 0 bridgehead atoms. The van der Waals surface area contributed by atoms with Crippen molar-refractivity contribution in [1.82, 2.24) is 5.32 Å². The van der Waals surface area contributed by atoms with Crippen molar-refractivity contribution in [3.8, 4) is 11.8 Å². The van der Waals surface area contributed by atoms with Crippen molar-refractivity contribution in [2.24, 2.45) is 0 Å². The van der Waals surface area contributed by atoms with Crippen LogP contribution in [0.1, 0.15) is 15.9 Å². The lowest BCUT2D eigenvalue weighted by Crippen LogP contribution is -2.23. The van der Waals surface area contributed by atoms with Crippen LogP contribution in [0.15, 0.2) is 66.7 Å². The molecule has 1 amide bonds. The monoisotopic (exact) mass is 289 g/mol. The van der Waals surface area contributed by atoms with Gasteiger partial charge in [-0.25, -0.2) is 0 Å². The van der Waals surface area contributed by atoms with Gasteiger partial charge in [-0.3, -0.25) is 9.59 Å². The number of rotatable bonds is 4. The fourth-order valence-corrected chi connectivity index (χ4v) is 1.73. The number of ketones is 1. The van der Waals surface area contributed by atoms with Gasteiger partial charge in [-0.05, 0) is 29.7 Å². The Bertz CT molecular complexity index is 722. The van der Waals surface area contributed by atoms with E-state index in [9.17, 15) is 9.59 Å². The highest BCUT2D eigenvalue weighted by Gasteiger charge is 2.01. The largest absolute Gasteiger partial charge is 0.341 e. The van der Waals surface area contributed by atoms with Gasteiger partial charge in [0, 0.05) is 5.56 Å². The third-order valence-electron chi connectivity index (χ3n) is 2.81. The summed E-state index contributed by atoms with van der Waals surface area (Å²) in [4.78, 5) is 23.3. The van der Waals surface area contributed by atoms with Gasteiger partial charge in [-0.15, -0.1) is 0 Å². The van der Waals surface area contributed by atoms with Gasteiger partial charge >= 0.3 is 0 Å². The van der Waals surface area contributed by atoms with E-state index in [0.717, 1.165) is 5.56 Å². The second-order valence-electron chi connectivity index (χ2n) is 4.46. The molecular weight excluding hydrogens is 274 g/mol. The molecule has 0 spiro atoms. The van der Waals surface area contributed by atoms with E-state index in [1.807, 2.05) is 36.4 Å². The summed E-state index contributed by atoms with van der Waals surface area (Å²) in [6.45, 7) is 0.138. The Morgan fingerprint density at radius 1 is 0.955 bits per heavy atom. The Hall–Kier alpha value is -3.12. The molecule has 0 aliphatic carbocycles. The zero-order chi connectivity index (χ0) is 15.6. The number of hydrogen-bond donors (Lipinski definition) is 1. The van der Waals surface area contributed by atoms with Crippen LogP contribution in [0.2, 0.25) is 0 Å². The zero-order valence-corrected chi connectivity index (χ0v) is 12.0. The van der Waals surface area contributed by atoms with Crippen LogP contribution >= 0.6 is 0 Å². The van der Waals surface area contributed by atoms with Crippen LogP contribution in [-0.2, 0) is 4.79 Å². The molecule has 0 saturated carbocycles. The highest BCUT2D eigenvalue weighted by molar-refractivity contribution is 6.06. The molecule has 0 saturated heterocycles. The molecule has 0 atom stereocenters. The number of carbonyl (C=O) groups is 2. The minimum Gasteiger partial charge on any atom is -0.341 e. The van der Waals surface area contributed by atoms with Crippen molar-refractivity contribution in [2.45, 2.75) is 0 Å². The molecule has 0 aromatic heterocycles. The molecule has 22 heavy (non-hydrogen) atoms. The first-order chi connectivity index (χ1) is 10.8. The van der Waals surface area contributed by atoms with Crippen LogP contribution in [0.3, 0.4) is 0 Å².